The third-order valence-electron chi connectivity index (χ3n) is 4.11. The Morgan fingerprint density at radius 3 is 2.32 bits per heavy atom. The van der Waals surface area contributed by atoms with Crippen LogP contribution in [0.4, 0.5) is 13.2 Å². The summed E-state index contributed by atoms with van der Waals surface area (Å²) in [5.41, 5.74) is -1.60. The van der Waals surface area contributed by atoms with Crippen LogP contribution < -0.4 is 11.0 Å². The molecule has 1 amide bonds. The molecule has 0 saturated carbocycles. The summed E-state index contributed by atoms with van der Waals surface area (Å²) < 4.78 is 40.8. The third-order valence-corrected chi connectivity index (χ3v) is 4.41. The first kappa shape index (κ1) is 22.5. The number of pyridine rings is 1. The number of nitrogens with zero attached hydrogens (tertiary/aromatic N) is 4. The van der Waals surface area contributed by atoms with Gasteiger partial charge < -0.3 is 5.32 Å². The fourth-order valence-electron chi connectivity index (χ4n) is 2.87. The zero-order valence-corrected chi connectivity index (χ0v) is 17.6. The van der Waals surface area contributed by atoms with Crippen molar-refractivity contribution in [1.82, 2.24) is 24.6 Å². The maximum atomic E-state index is 13.1. The Bertz CT molecular complexity index is 1160. The summed E-state index contributed by atoms with van der Waals surface area (Å²) in [4.78, 5) is 29.3. The van der Waals surface area contributed by atoms with Gasteiger partial charge in [0.05, 0.1) is 16.3 Å². The fourth-order valence-corrected chi connectivity index (χ4v) is 3.07. The number of carbonyl (C=O) groups excluding carboxylic acids is 1. The average molecular weight is 454 g/mol. The zero-order valence-electron chi connectivity index (χ0n) is 16.9. The van der Waals surface area contributed by atoms with Crippen molar-refractivity contribution >= 4 is 17.5 Å². The average Bonchev–Trinajstić information content (AvgIpc) is 2.96. The van der Waals surface area contributed by atoms with Crippen molar-refractivity contribution in [2.75, 3.05) is 0 Å². The highest BCUT2D eigenvalue weighted by Gasteiger charge is 2.30. The van der Waals surface area contributed by atoms with Crippen LogP contribution in [0.5, 0.6) is 0 Å². The highest BCUT2D eigenvalue weighted by Crippen LogP contribution is 2.31. The van der Waals surface area contributed by atoms with Gasteiger partial charge in [-0.05, 0) is 51.1 Å². The summed E-state index contributed by atoms with van der Waals surface area (Å²) in [6.45, 7) is 4.99. The van der Waals surface area contributed by atoms with E-state index in [1.54, 1.807) is 20.8 Å². The highest BCUT2D eigenvalue weighted by atomic mass is 35.5. The molecular formula is C20H19ClF3N5O2. The largest absolute Gasteiger partial charge is 0.416 e. The number of carbonyl (C=O) groups is 1. The third kappa shape index (κ3) is 5.13. The minimum atomic E-state index is -4.52. The maximum Gasteiger partial charge on any atom is 0.416 e. The van der Waals surface area contributed by atoms with Crippen LogP contribution in [0, 0.1) is 0 Å². The van der Waals surface area contributed by atoms with E-state index in [4.69, 9.17) is 11.6 Å². The molecule has 164 valence electrons. The lowest BCUT2D eigenvalue weighted by atomic mass is 10.1. The number of aromatic nitrogens is 4. The lowest BCUT2D eigenvalue weighted by molar-refractivity contribution is -0.137. The minimum absolute atomic E-state index is 0.0701. The van der Waals surface area contributed by atoms with E-state index in [1.165, 1.54) is 18.5 Å². The van der Waals surface area contributed by atoms with Gasteiger partial charge in [0.2, 0.25) is 5.91 Å². The van der Waals surface area contributed by atoms with Crippen LogP contribution in [0.1, 0.15) is 26.3 Å². The van der Waals surface area contributed by atoms with E-state index in [-0.39, 0.29) is 23.1 Å². The van der Waals surface area contributed by atoms with Crippen LogP contribution in [0.25, 0.3) is 17.1 Å². The Kier molecular flexibility index (Phi) is 5.95. The van der Waals surface area contributed by atoms with Crippen LogP contribution >= 0.6 is 11.6 Å². The van der Waals surface area contributed by atoms with Crippen LogP contribution in [-0.4, -0.2) is 30.8 Å². The molecule has 0 aliphatic rings. The Balaban J connectivity index is 2.13. The Hall–Kier alpha value is -3.14. The highest BCUT2D eigenvalue weighted by molar-refractivity contribution is 6.33. The van der Waals surface area contributed by atoms with Gasteiger partial charge in [0.25, 0.3) is 0 Å². The van der Waals surface area contributed by atoms with Crippen LogP contribution in [-0.2, 0) is 17.5 Å². The molecule has 0 fully saturated rings. The molecule has 0 radical (unpaired) electrons. The normalized spacial score (nSPS) is 12.1. The summed E-state index contributed by atoms with van der Waals surface area (Å²) in [5, 5.41) is 7.15. The Labute approximate surface area is 180 Å². The summed E-state index contributed by atoms with van der Waals surface area (Å²) in [6, 6.07) is 5.56. The lowest BCUT2D eigenvalue weighted by Crippen LogP contribution is -2.43. The smallest absolute Gasteiger partial charge is 0.350 e. The van der Waals surface area contributed by atoms with Crippen molar-refractivity contribution < 1.29 is 18.0 Å². The topological polar surface area (TPSA) is 81.8 Å². The molecule has 0 atom stereocenters. The van der Waals surface area contributed by atoms with E-state index in [9.17, 15) is 22.8 Å². The molecule has 1 aromatic carbocycles. The monoisotopic (exact) mass is 453 g/mol. The van der Waals surface area contributed by atoms with Crippen molar-refractivity contribution in [2.45, 2.75) is 39.0 Å². The summed E-state index contributed by atoms with van der Waals surface area (Å²) in [6.07, 6.45) is -1.73. The number of alkyl halides is 3. The van der Waals surface area contributed by atoms with E-state index in [0.29, 0.717) is 5.56 Å². The Morgan fingerprint density at radius 2 is 1.77 bits per heavy atom. The second kappa shape index (κ2) is 8.18. The zero-order chi connectivity index (χ0) is 23.0. The maximum absolute atomic E-state index is 13.1. The quantitative estimate of drug-likeness (QED) is 0.653. The van der Waals surface area contributed by atoms with Gasteiger partial charge in [-0.25, -0.2) is 14.0 Å². The number of nitrogens with one attached hydrogen (secondary N) is 1. The van der Waals surface area contributed by atoms with Gasteiger partial charge >= 0.3 is 11.9 Å². The molecule has 0 aliphatic carbocycles. The van der Waals surface area contributed by atoms with Gasteiger partial charge in [-0.2, -0.15) is 13.2 Å². The number of halogens is 4. The Morgan fingerprint density at radius 1 is 1.13 bits per heavy atom. The predicted molar refractivity (Wildman–Crippen MR) is 109 cm³/mol. The second-order valence-corrected chi connectivity index (χ2v) is 8.20. The van der Waals surface area contributed by atoms with Crippen LogP contribution in [0.3, 0.4) is 0 Å². The molecule has 0 unspecified atom stereocenters. The van der Waals surface area contributed by atoms with Gasteiger partial charge in [-0.3, -0.25) is 9.78 Å². The minimum Gasteiger partial charge on any atom is -0.350 e. The molecule has 0 bridgehead atoms. The van der Waals surface area contributed by atoms with Gasteiger partial charge in [-0.1, -0.05) is 11.6 Å². The SMILES string of the molecule is CC(C)(C)NC(=O)Cn1nc(-c2ccncc2Cl)n(-c2ccc(C(F)(F)F)cc2)c1=O. The molecule has 1 N–H and O–H groups in total. The summed E-state index contributed by atoms with van der Waals surface area (Å²) >= 11 is 6.20. The first-order valence-corrected chi connectivity index (χ1v) is 9.53. The number of hydrogen-bond donors (Lipinski definition) is 1. The first-order chi connectivity index (χ1) is 14.4. The van der Waals surface area contributed by atoms with Crippen LogP contribution in [0.2, 0.25) is 5.02 Å². The number of amides is 1. The predicted octanol–water partition coefficient (Wildman–Crippen LogP) is 3.68. The van der Waals surface area contributed by atoms with E-state index < -0.39 is 28.9 Å². The van der Waals surface area contributed by atoms with Gasteiger partial charge in [0.1, 0.15) is 6.54 Å². The number of benzene rings is 1. The van der Waals surface area contributed by atoms with E-state index in [2.05, 4.69) is 15.4 Å². The van der Waals surface area contributed by atoms with Crippen molar-refractivity contribution in [1.29, 1.82) is 0 Å². The molecule has 7 nitrogen and oxygen atoms in total. The van der Waals surface area contributed by atoms with E-state index in [0.717, 1.165) is 33.5 Å². The number of hydrogen-bond acceptors (Lipinski definition) is 4. The summed E-state index contributed by atoms with van der Waals surface area (Å²) in [5.74, 6) is -0.375. The lowest BCUT2D eigenvalue weighted by Gasteiger charge is -2.20. The van der Waals surface area contributed by atoms with Crippen molar-refractivity contribution in [3.05, 3.63) is 63.8 Å². The standard InChI is InChI=1S/C20H19ClF3N5O2/c1-19(2,3)26-16(30)11-28-18(31)29(13-6-4-12(5-7-13)20(22,23)24)17(27-28)14-8-9-25-10-15(14)21/h4-10H,11H2,1-3H3,(H,26,30). The van der Waals surface area contributed by atoms with Gasteiger partial charge in [0.15, 0.2) is 5.82 Å². The molecule has 2 heterocycles. The molecule has 11 heteroatoms. The van der Waals surface area contributed by atoms with Crippen molar-refractivity contribution in [3.8, 4) is 17.1 Å². The molecule has 0 saturated heterocycles. The van der Waals surface area contributed by atoms with Crippen LogP contribution in [0.15, 0.2) is 47.5 Å². The molecule has 3 rings (SSSR count). The molecule has 0 aliphatic heterocycles. The van der Waals surface area contributed by atoms with E-state index >= 15 is 0 Å². The summed E-state index contributed by atoms with van der Waals surface area (Å²) in [7, 11) is 0. The molecule has 0 spiro atoms. The molecule has 2 aromatic heterocycles. The van der Waals surface area contributed by atoms with Crippen molar-refractivity contribution in [3.63, 3.8) is 0 Å². The van der Waals surface area contributed by atoms with Gasteiger partial charge in [-0.15, -0.1) is 5.10 Å². The second-order valence-electron chi connectivity index (χ2n) is 7.80. The molecule has 3 aromatic rings. The fraction of sp³-hybridized carbons (Fsp3) is 0.300. The van der Waals surface area contributed by atoms with Gasteiger partial charge in [0, 0.05) is 23.5 Å². The number of rotatable bonds is 4. The van der Waals surface area contributed by atoms with Crippen molar-refractivity contribution in [2.24, 2.45) is 0 Å². The first-order valence-electron chi connectivity index (χ1n) is 9.15. The molecular weight excluding hydrogens is 435 g/mol. The van der Waals surface area contributed by atoms with E-state index in [1.807, 2.05) is 0 Å². The molecule has 31 heavy (non-hydrogen) atoms.